The molecule has 0 spiro atoms. The van der Waals surface area contributed by atoms with E-state index in [1.54, 1.807) is 16.8 Å². The Morgan fingerprint density at radius 1 is 1.20 bits per heavy atom. The predicted octanol–water partition coefficient (Wildman–Crippen LogP) is 3.94. The Labute approximate surface area is 159 Å². The highest BCUT2D eigenvalue weighted by molar-refractivity contribution is 8.03. The SMILES string of the molecule is C=C(C)CSc1nnc(SCC(=O)N2CCC(c3ccccc3)=N2)s1. The number of aromatic nitrogens is 2. The maximum absolute atomic E-state index is 12.4. The van der Waals surface area contributed by atoms with E-state index in [0.29, 0.717) is 12.3 Å². The second-order valence-corrected chi connectivity index (χ2v) is 8.97. The van der Waals surface area contributed by atoms with Crippen molar-refractivity contribution in [1.82, 2.24) is 15.2 Å². The number of amides is 1. The molecular formula is C17H18N4OS3. The molecule has 25 heavy (non-hydrogen) atoms. The van der Waals surface area contributed by atoms with Crippen LogP contribution in [0.1, 0.15) is 18.9 Å². The van der Waals surface area contributed by atoms with Crippen LogP contribution >= 0.6 is 34.9 Å². The lowest BCUT2D eigenvalue weighted by Gasteiger charge is -2.09. The van der Waals surface area contributed by atoms with Crippen LogP contribution in [-0.4, -0.2) is 44.9 Å². The molecule has 0 atom stereocenters. The number of thioether (sulfide) groups is 2. The van der Waals surface area contributed by atoms with Crippen LogP contribution in [0.25, 0.3) is 0 Å². The van der Waals surface area contributed by atoms with Crippen LogP contribution in [0.5, 0.6) is 0 Å². The third-order valence-corrected chi connectivity index (χ3v) is 6.75. The van der Waals surface area contributed by atoms with Gasteiger partial charge >= 0.3 is 0 Å². The average Bonchev–Trinajstić information content (AvgIpc) is 3.28. The molecule has 1 aliphatic heterocycles. The van der Waals surface area contributed by atoms with Gasteiger partial charge in [0.05, 0.1) is 18.0 Å². The summed E-state index contributed by atoms with van der Waals surface area (Å²) in [6.45, 7) is 6.50. The van der Waals surface area contributed by atoms with Gasteiger partial charge in [-0.05, 0) is 12.5 Å². The molecule has 2 heterocycles. The van der Waals surface area contributed by atoms with Crippen molar-refractivity contribution in [2.75, 3.05) is 18.1 Å². The van der Waals surface area contributed by atoms with E-state index in [4.69, 9.17) is 0 Å². The largest absolute Gasteiger partial charge is 0.272 e. The molecule has 130 valence electrons. The van der Waals surface area contributed by atoms with Crippen molar-refractivity contribution in [1.29, 1.82) is 0 Å². The minimum atomic E-state index is 0.00210. The first-order chi connectivity index (χ1) is 12.1. The molecule has 1 aliphatic rings. The predicted molar refractivity (Wildman–Crippen MR) is 105 cm³/mol. The second-order valence-electron chi connectivity index (χ2n) is 5.55. The van der Waals surface area contributed by atoms with Crippen molar-refractivity contribution in [3.63, 3.8) is 0 Å². The number of hydrogen-bond donors (Lipinski definition) is 0. The third kappa shape index (κ3) is 5.17. The summed E-state index contributed by atoms with van der Waals surface area (Å²) < 4.78 is 1.72. The Balaban J connectivity index is 1.51. The average molecular weight is 391 g/mol. The Bertz CT molecular complexity index is 788. The fourth-order valence-corrected chi connectivity index (χ4v) is 4.90. The Hall–Kier alpha value is -1.64. The lowest BCUT2D eigenvalue weighted by Crippen LogP contribution is -2.25. The van der Waals surface area contributed by atoms with Crippen LogP contribution in [-0.2, 0) is 4.79 Å². The molecule has 0 saturated carbocycles. The van der Waals surface area contributed by atoms with Gasteiger partial charge in [-0.1, -0.05) is 77.3 Å². The van der Waals surface area contributed by atoms with Gasteiger partial charge in [0.25, 0.3) is 5.91 Å². The van der Waals surface area contributed by atoms with E-state index in [-0.39, 0.29) is 5.91 Å². The van der Waals surface area contributed by atoms with E-state index in [9.17, 15) is 4.79 Å². The molecular weight excluding hydrogens is 372 g/mol. The molecule has 0 saturated heterocycles. The summed E-state index contributed by atoms with van der Waals surface area (Å²) in [5.41, 5.74) is 3.15. The summed E-state index contributed by atoms with van der Waals surface area (Å²) in [6, 6.07) is 9.98. The summed E-state index contributed by atoms with van der Waals surface area (Å²) in [5.74, 6) is 1.16. The minimum Gasteiger partial charge on any atom is -0.272 e. The standard InChI is InChI=1S/C17H18N4OS3/c1-12(2)10-23-16-18-19-17(25-16)24-11-15(22)21-9-8-14(20-21)13-6-4-3-5-7-13/h3-7H,1,8-11H2,2H3. The Morgan fingerprint density at radius 2 is 1.88 bits per heavy atom. The van der Waals surface area contributed by atoms with Crippen LogP contribution in [0, 0.1) is 0 Å². The molecule has 3 rings (SSSR count). The van der Waals surface area contributed by atoms with Gasteiger partial charge in [0.1, 0.15) is 0 Å². The fraction of sp³-hybridized carbons (Fsp3) is 0.294. The first kappa shape index (κ1) is 18.2. The van der Waals surface area contributed by atoms with Crippen LogP contribution in [0.15, 0.2) is 56.3 Å². The van der Waals surface area contributed by atoms with Crippen molar-refractivity contribution >= 4 is 46.5 Å². The van der Waals surface area contributed by atoms with Gasteiger partial charge in [0.15, 0.2) is 8.68 Å². The number of benzene rings is 1. The summed E-state index contributed by atoms with van der Waals surface area (Å²) in [6.07, 6.45) is 0.793. The quantitative estimate of drug-likeness (QED) is 0.529. The molecule has 0 bridgehead atoms. The van der Waals surface area contributed by atoms with Gasteiger partial charge in [0.2, 0.25) is 0 Å². The van der Waals surface area contributed by atoms with Gasteiger partial charge in [-0.3, -0.25) is 4.79 Å². The summed E-state index contributed by atoms with van der Waals surface area (Å²) >= 11 is 4.55. The molecule has 0 fully saturated rings. The van der Waals surface area contributed by atoms with E-state index in [2.05, 4.69) is 21.9 Å². The second kappa shape index (κ2) is 8.64. The first-order valence-corrected chi connectivity index (χ1v) is 10.6. The molecule has 5 nitrogen and oxygen atoms in total. The van der Waals surface area contributed by atoms with Crippen LogP contribution in [0.3, 0.4) is 0 Å². The van der Waals surface area contributed by atoms with Gasteiger partial charge in [0, 0.05) is 12.2 Å². The van der Waals surface area contributed by atoms with Crippen molar-refractivity contribution in [3.05, 3.63) is 48.0 Å². The van der Waals surface area contributed by atoms with Crippen molar-refractivity contribution < 1.29 is 4.79 Å². The minimum absolute atomic E-state index is 0.00210. The van der Waals surface area contributed by atoms with E-state index in [0.717, 1.165) is 37.7 Å². The zero-order chi connectivity index (χ0) is 17.6. The third-order valence-electron chi connectivity index (χ3n) is 3.35. The number of nitrogens with zero attached hydrogens (tertiary/aromatic N) is 4. The topological polar surface area (TPSA) is 58.5 Å². The van der Waals surface area contributed by atoms with Crippen molar-refractivity contribution in [3.8, 4) is 0 Å². The van der Waals surface area contributed by atoms with Crippen molar-refractivity contribution in [2.24, 2.45) is 5.10 Å². The fourth-order valence-electron chi connectivity index (χ4n) is 2.17. The highest BCUT2D eigenvalue weighted by Gasteiger charge is 2.22. The molecule has 1 aromatic heterocycles. The van der Waals surface area contributed by atoms with Gasteiger partial charge in [-0.2, -0.15) is 5.10 Å². The van der Waals surface area contributed by atoms with Gasteiger partial charge < -0.3 is 0 Å². The number of carbonyl (C=O) groups is 1. The highest BCUT2D eigenvalue weighted by atomic mass is 32.2. The molecule has 0 aliphatic carbocycles. The lowest BCUT2D eigenvalue weighted by atomic mass is 10.1. The normalized spacial score (nSPS) is 13.8. The lowest BCUT2D eigenvalue weighted by molar-refractivity contribution is -0.127. The van der Waals surface area contributed by atoms with E-state index in [1.807, 2.05) is 37.3 Å². The maximum atomic E-state index is 12.4. The Kier molecular flexibility index (Phi) is 6.28. The molecule has 8 heteroatoms. The highest BCUT2D eigenvalue weighted by Crippen LogP contribution is 2.29. The summed E-state index contributed by atoms with van der Waals surface area (Å²) in [7, 11) is 0. The first-order valence-electron chi connectivity index (χ1n) is 7.78. The number of carbonyl (C=O) groups excluding carboxylic acids is 1. The van der Waals surface area contributed by atoms with Crippen LogP contribution < -0.4 is 0 Å². The molecule has 1 amide bonds. The van der Waals surface area contributed by atoms with Crippen molar-refractivity contribution in [2.45, 2.75) is 22.0 Å². The Morgan fingerprint density at radius 3 is 2.56 bits per heavy atom. The van der Waals surface area contributed by atoms with Gasteiger partial charge in [-0.15, -0.1) is 10.2 Å². The van der Waals surface area contributed by atoms with Crippen LogP contribution in [0.4, 0.5) is 0 Å². The van der Waals surface area contributed by atoms with E-state index in [1.165, 1.54) is 23.1 Å². The van der Waals surface area contributed by atoms with E-state index >= 15 is 0 Å². The molecule has 2 aromatic rings. The zero-order valence-electron chi connectivity index (χ0n) is 13.8. The number of rotatable bonds is 7. The molecule has 0 radical (unpaired) electrons. The molecule has 0 unspecified atom stereocenters. The molecule has 1 aromatic carbocycles. The number of hydrazone groups is 1. The molecule has 0 N–H and O–H groups in total. The van der Waals surface area contributed by atoms with Gasteiger partial charge in [-0.25, -0.2) is 5.01 Å². The maximum Gasteiger partial charge on any atom is 0.253 e. The van der Waals surface area contributed by atoms with E-state index < -0.39 is 0 Å². The smallest absolute Gasteiger partial charge is 0.253 e. The summed E-state index contributed by atoms with van der Waals surface area (Å²) in [5, 5.41) is 14.3. The van der Waals surface area contributed by atoms with Crippen LogP contribution in [0.2, 0.25) is 0 Å². The summed E-state index contributed by atoms with van der Waals surface area (Å²) in [4.78, 5) is 12.4. The zero-order valence-corrected chi connectivity index (χ0v) is 16.3. The number of hydrogen-bond acceptors (Lipinski definition) is 7. The monoisotopic (exact) mass is 390 g/mol.